The summed E-state index contributed by atoms with van der Waals surface area (Å²) in [6, 6.07) is 11.6. The molecule has 1 aromatic carbocycles. The lowest BCUT2D eigenvalue weighted by Gasteiger charge is -2.21. The molecule has 2 aromatic rings. The number of nitrogens with zero attached hydrogens (tertiary/aromatic N) is 1. The average Bonchev–Trinajstić information content (AvgIpc) is 2.94. The zero-order valence-corrected chi connectivity index (χ0v) is 9.59. The number of furan rings is 1. The molecule has 0 fully saturated rings. The molecule has 0 aliphatic carbocycles. The molecule has 3 nitrogen and oxygen atoms in total. The van der Waals surface area contributed by atoms with E-state index < -0.39 is 0 Å². The third-order valence-electron chi connectivity index (χ3n) is 3.16. The lowest BCUT2D eigenvalue weighted by atomic mass is 10.1. The molecule has 1 aliphatic rings. The summed E-state index contributed by atoms with van der Waals surface area (Å²) in [6.45, 7) is 2.06. The molecule has 0 bridgehead atoms. The Hall–Kier alpha value is -2.03. The summed E-state index contributed by atoms with van der Waals surface area (Å²) in [6.07, 6.45) is 2.43. The number of carbonyl (C=O) groups excluding carboxylic acids is 1. The quantitative estimate of drug-likeness (QED) is 0.750. The van der Waals surface area contributed by atoms with Crippen molar-refractivity contribution >= 4 is 11.6 Å². The van der Waals surface area contributed by atoms with Gasteiger partial charge in [0.1, 0.15) is 0 Å². The fourth-order valence-corrected chi connectivity index (χ4v) is 2.39. The predicted octanol–water partition coefficient (Wildman–Crippen LogP) is 2.87. The minimum atomic E-state index is -0.0625. The Morgan fingerprint density at radius 1 is 1.29 bits per heavy atom. The lowest BCUT2D eigenvalue weighted by Crippen LogP contribution is -2.35. The van der Waals surface area contributed by atoms with Crippen LogP contribution < -0.4 is 4.90 Å². The maximum absolute atomic E-state index is 12.3. The van der Waals surface area contributed by atoms with Crippen molar-refractivity contribution in [1.29, 1.82) is 0 Å². The van der Waals surface area contributed by atoms with Crippen molar-refractivity contribution in [2.45, 2.75) is 19.4 Å². The smallest absolute Gasteiger partial charge is 0.294 e. The molecule has 3 rings (SSSR count). The van der Waals surface area contributed by atoms with Crippen molar-refractivity contribution in [3.8, 4) is 0 Å². The first-order valence-corrected chi connectivity index (χ1v) is 5.72. The highest BCUT2D eigenvalue weighted by atomic mass is 16.3. The summed E-state index contributed by atoms with van der Waals surface area (Å²) >= 11 is 0. The minimum Gasteiger partial charge on any atom is -0.459 e. The van der Waals surface area contributed by atoms with E-state index in [4.69, 9.17) is 4.42 Å². The van der Waals surface area contributed by atoms with E-state index in [0.29, 0.717) is 5.76 Å². The van der Waals surface area contributed by atoms with Gasteiger partial charge in [-0.15, -0.1) is 0 Å². The Labute approximate surface area is 99.7 Å². The zero-order valence-electron chi connectivity index (χ0n) is 9.59. The topological polar surface area (TPSA) is 33.5 Å². The lowest BCUT2D eigenvalue weighted by molar-refractivity contribution is 0.0954. The zero-order chi connectivity index (χ0) is 11.8. The molecule has 1 atom stereocenters. The van der Waals surface area contributed by atoms with Gasteiger partial charge >= 0.3 is 0 Å². The standard InChI is InChI=1S/C14H13NO2/c1-10-9-11-5-2-3-6-12(11)15(10)14(16)13-7-4-8-17-13/h2-8,10H,9H2,1H3. The fourth-order valence-electron chi connectivity index (χ4n) is 2.39. The van der Waals surface area contributed by atoms with Gasteiger partial charge in [0.05, 0.1) is 6.26 Å². The van der Waals surface area contributed by atoms with Gasteiger partial charge in [-0.1, -0.05) is 18.2 Å². The van der Waals surface area contributed by atoms with E-state index in [-0.39, 0.29) is 11.9 Å². The van der Waals surface area contributed by atoms with Crippen LogP contribution in [0.15, 0.2) is 47.1 Å². The molecule has 17 heavy (non-hydrogen) atoms. The van der Waals surface area contributed by atoms with Gasteiger partial charge in [0.2, 0.25) is 0 Å². The molecule has 0 N–H and O–H groups in total. The van der Waals surface area contributed by atoms with Gasteiger partial charge in [0.15, 0.2) is 5.76 Å². The van der Waals surface area contributed by atoms with E-state index in [0.717, 1.165) is 12.1 Å². The van der Waals surface area contributed by atoms with Crippen molar-refractivity contribution in [2.75, 3.05) is 4.90 Å². The van der Waals surface area contributed by atoms with Crippen LogP contribution in [0.25, 0.3) is 0 Å². The number of hydrogen-bond acceptors (Lipinski definition) is 2. The highest BCUT2D eigenvalue weighted by molar-refractivity contribution is 6.05. The predicted molar refractivity (Wildman–Crippen MR) is 65.1 cm³/mol. The number of anilines is 1. The summed E-state index contributed by atoms with van der Waals surface area (Å²) in [5, 5.41) is 0. The number of carbonyl (C=O) groups is 1. The summed E-state index contributed by atoms with van der Waals surface area (Å²) in [4.78, 5) is 14.1. The van der Waals surface area contributed by atoms with Crippen LogP contribution in [0.2, 0.25) is 0 Å². The van der Waals surface area contributed by atoms with Crippen LogP contribution >= 0.6 is 0 Å². The first kappa shape index (κ1) is 10.1. The van der Waals surface area contributed by atoms with Crippen LogP contribution in [0.3, 0.4) is 0 Å². The van der Waals surface area contributed by atoms with E-state index in [1.807, 2.05) is 23.1 Å². The largest absolute Gasteiger partial charge is 0.459 e. The Morgan fingerprint density at radius 2 is 2.12 bits per heavy atom. The number of fused-ring (bicyclic) bond motifs is 1. The van der Waals surface area contributed by atoms with E-state index in [1.54, 1.807) is 12.1 Å². The van der Waals surface area contributed by atoms with Gasteiger partial charge in [-0.2, -0.15) is 0 Å². The average molecular weight is 227 g/mol. The van der Waals surface area contributed by atoms with Crippen LogP contribution in [0.5, 0.6) is 0 Å². The molecule has 1 unspecified atom stereocenters. The number of hydrogen-bond donors (Lipinski definition) is 0. The van der Waals surface area contributed by atoms with Crippen LogP contribution in [-0.2, 0) is 6.42 Å². The van der Waals surface area contributed by atoms with E-state index in [9.17, 15) is 4.79 Å². The van der Waals surface area contributed by atoms with Gasteiger partial charge in [-0.3, -0.25) is 4.79 Å². The van der Waals surface area contributed by atoms with Crippen molar-refractivity contribution in [2.24, 2.45) is 0 Å². The first-order chi connectivity index (χ1) is 8.27. The Kier molecular flexibility index (Phi) is 2.25. The molecule has 86 valence electrons. The van der Waals surface area contributed by atoms with Crippen LogP contribution in [0, 0.1) is 0 Å². The Bertz CT molecular complexity index is 545. The molecule has 3 heteroatoms. The SMILES string of the molecule is CC1Cc2ccccc2N1C(=O)c1ccco1. The molecule has 2 heterocycles. The number of benzene rings is 1. The fraction of sp³-hybridized carbons (Fsp3) is 0.214. The normalized spacial score (nSPS) is 18.2. The van der Waals surface area contributed by atoms with Crippen LogP contribution in [-0.4, -0.2) is 11.9 Å². The van der Waals surface area contributed by atoms with Gasteiger partial charge in [-0.25, -0.2) is 0 Å². The molecular formula is C14H13NO2. The van der Waals surface area contributed by atoms with Gasteiger partial charge in [0, 0.05) is 11.7 Å². The molecule has 1 aliphatic heterocycles. The highest BCUT2D eigenvalue weighted by Crippen LogP contribution is 2.32. The third kappa shape index (κ3) is 1.55. The molecular weight excluding hydrogens is 214 g/mol. The van der Waals surface area contributed by atoms with E-state index >= 15 is 0 Å². The third-order valence-corrected chi connectivity index (χ3v) is 3.16. The summed E-state index contributed by atoms with van der Waals surface area (Å²) in [5.41, 5.74) is 2.22. The minimum absolute atomic E-state index is 0.0625. The molecule has 1 aromatic heterocycles. The van der Waals surface area contributed by atoms with E-state index in [1.165, 1.54) is 11.8 Å². The van der Waals surface area contributed by atoms with Gasteiger partial charge < -0.3 is 9.32 Å². The molecule has 0 saturated carbocycles. The second kappa shape index (κ2) is 3.77. The molecule has 1 amide bonds. The Morgan fingerprint density at radius 3 is 2.88 bits per heavy atom. The van der Waals surface area contributed by atoms with Crippen molar-refractivity contribution < 1.29 is 9.21 Å². The molecule has 0 radical (unpaired) electrons. The summed E-state index contributed by atoms with van der Waals surface area (Å²) in [5.74, 6) is 0.334. The van der Waals surface area contributed by atoms with Gasteiger partial charge in [-0.05, 0) is 37.1 Å². The van der Waals surface area contributed by atoms with Crippen LogP contribution in [0.1, 0.15) is 23.0 Å². The highest BCUT2D eigenvalue weighted by Gasteiger charge is 2.32. The van der Waals surface area contributed by atoms with Crippen molar-refractivity contribution in [3.05, 3.63) is 54.0 Å². The number of rotatable bonds is 1. The summed E-state index contributed by atoms with van der Waals surface area (Å²) in [7, 11) is 0. The second-order valence-electron chi connectivity index (χ2n) is 4.33. The molecule has 0 saturated heterocycles. The van der Waals surface area contributed by atoms with Crippen molar-refractivity contribution in [1.82, 2.24) is 0 Å². The first-order valence-electron chi connectivity index (χ1n) is 5.72. The molecule has 0 spiro atoms. The Balaban J connectivity index is 2.01. The summed E-state index contributed by atoms with van der Waals surface area (Å²) < 4.78 is 5.18. The maximum Gasteiger partial charge on any atom is 0.294 e. The second-order valence-corrected chi connectivity index (χ2v) is 4.33. The monoisotopic (exact) mass is 227 g/mol. The van der Waals surface area contributed by atoms with Crippen LogP contribution in [0.4, 0.5) is 5.69 Å². The van der Waals surface area contributed by atoms with Crippen molar-refractivity contribution in [3.63, 3.8) is 0 Å². The van der Waals surface area contributed by atoms with E-state index in [2.05, 4.69) is 13.0 Å². The van der Waals surface area contributed by atoms with Gasteiger partial charge in [0.25, 0.3) is 5.91 Å². The number of amides is 1. The number of para-hydroxylation sites is 1. The maximum atomic E-state index is 12.3.